The van der Waals surface area contributed by atoms with Crippen LogP contribution >= 0.6 is 11.6 Å². The number of fused-ring (bicyclic) bond motifs is 1. The van der Waals surface area contributed by atoms with Crippen molar-refractivity contribution < 1.29 is 18.7 Å². The van der Waals surface area contributed by atoms with Gasteiger partial charge in [0.1, 0.15) is 17.3 Å². The number of carbonyl (C=O) groups is 2. The van der Waals surface area contributed by atoms with E-state index in [0.29, 0.717) is 17.5 Å². The highest BCUT2D eigenvalue weighted by molar-refractivity contribution is 6.35. The standard InChI is InChI=1S/C20H18ClFN4O3/c1-19(2)9-20(7-11(8-23)16(19)27)10-26(5-6-29-20)18(28)15-14(22)13(21)12-3-4-24-17(12)25-15/h3-4,7H,5-6,9-10H2,1-2H3,(H,24,25). The van der Waals surface area contributed by atoms with Gasteiger partial charge in [-0.05, 0) is 18.6 Å². The summed E-state index contributed by atoms with van der Waals surface area (Å²) in [5, 5.41) is 9.58. The number of halogens is 2. The molecule has 1 fully saturated rings. The first kappa shape index (κ1) is 19.6. The van der Waals surface area contributed by atoms with Crippen LogP contribution in [-0.2, 0) is 9.53 Å². The van der Waals surface area contributed by atoms with E-state index in [2.05, 4.69) is 9.97 Å². The van der Waals surface area contributed by atoms with Gasteiger partial charge in [-0.3, -0.25) is 9.59 Å². The molecule has 0 radical (unpaired) electrons. The lowest BCUT2D eigenvalue weighted by molar-refractivity contribution is -0.134. The SMILES string of the molecule is CC1(C)CC2(C=C(C#N)C1=O)CN(C(=O)c1nc3[nH]ccc3c(Cl)c1F)CCO2. The first-order valence-electron chi connectivity index (χ1n) is 9.10. The van der Waals surface area contributed by atoms with Gasteiger partial charge in [0.15, 0.2) is 17.3 Å². The number of pyridine rings is 1. The lowest BCUT2D eigenvalue weighted by atomic mass is 9.69. The Kier molecular flexibility index (Phi) is 4.48. The number of rotatable bonds is 1. The van der Waals surface area contributed by atoms with Crippen LogP contribution in [0.1, 0.15) is 30.8 Å². The second-order valence-corrected chi connectivity index (χ2v) is 8.41. The third-order valence-electron chi connectivity index (χ3n) is 5.41. The molecule has 3 heterocycles. The zero-order chi connectivity index (χ0) is 21.0. The number of nitrogens with one attached hydrogen (secondary N) is 1. The molecule has 1 N–H and O–H groups in total. The highest BCUT2D eigenvalue weighted by atomic mass is 35.5. The highest BCUT2D eigenvalue weighted by Crippen LogP contribution is 2.41. The van der Waals surface area contributed by atoms with Crippen molar-refractivity contribution in [1.82, 2.24) is 14.9 Å². The van der Waals surface area contributed by atoms with Crippen molar-refractivity contribution in [2.75, 3.05) is 19.7 Å². The zero-order valence-corrected chi connectivity index (χ0v) is 16.6. The minimum atomic E-state index is -0.993. The van der Waals surface area contributed by atoms with Gasteiger partial charge in [-0.15, -0.1) is 0 Å². The molecule has 0 saturated carbocycles. The van der Waals surface area contributed by atoms with E-state index in [-0.39, 0.29) is 41.8 Å². The number of aromatic nitrogens is 2. The fraction of sp³-hybridized carbons (Fsp3) is 0.400. The van der Waals surface area contributed by atoms with Crippen LogP contribution in [0.4, 0.5) is 4.39 Å². The summed E-state index contributed by atoms with van der Waals surface area (Å²) in [4.78, 5) is 33.9. The molecular weight excluding hydrogens is 399 g/mol. The summed E-state index contributed by atoms with van der Waals surface area (Å²) >= 11 is 6.08. The van der Waals surface area contributed by atoms with E-state index in [1.165, 1.54) is 11.0 Å². The molecule has 2 aromatic rings. The Morgan fingerprint density at radius 3 is 2.97 bits per heavy atom. The topological polar surface area (TPSA) is 99.1 Å². The molecule has 2 aliphatic rings. The van der Waals surface area contributed by atoms with Gasteiger partial charge in [-0.25, -0.2) is 9.37 Å². The Morgan fingerprint density at radius 2 is 2.24 bits per heavy atom. The molecule has 29 heavy (non-hydrogen) atoms. The van der Waals surface area contributed by atoms with E-state index in [1.54, 1.807) is 26.1 Å². The third kappa shape index (κ3) is 3.11. The van der Waals surface area contributed by atoms with Crippen molar-refractivity contribution in [2.24, 2.45) is 5.41 Å². The number of Topliss-reactive ketones (excluding diaryl/α,β-unsaturated/α-hetero) is 1. The van der Waals surface area contributed by atoms with Crippen molar-refractivity contribution in [1.29, 1.82) is 5.26 Å². The minimum Gasteiger partial charge on any atom is -0.367 e. The number of nitrogens with zero attached hydrogens (tertiary/aromatic N) is 3. The number of aromatic amines is 1. The van der Waals surface area contributed by atoms with Gasteiger partial charge in [0, 0.05) is 23.5 Å². The Balaban J connectivity index is 1.70. The molecule has 1 atom stereocenters. The van der Waals surface area contributed by atoms with E-state index < -0.39 is 22.7 Å². The van der Waals surface area contributed by atoms with Gasteiger partial charge in [-0.2, -0.15) is 5.26 Å². The molecule has 1 unspecified atom stereocenters. The first-order chi connectivity index (χ1) is 13.7. The smallest absolute Gasteiger partial charge is 0.275 e. The Morgan fingerprint density at radius 1 is 1.48 bits per heavy atom. The lowest BCUT2D eigenvalue weighted by Crippen LogP contribution is -2.57. The molecule has 0 bridgehead atoms. The molecule has 4 rings (SSSR count). The molecule has 7 nitrogen and oxygen atoms in total. The van der Waals surface area contributed by atoms with E-state index in [1.807, 2.05) is 6.07 Å². The molecule has 2 aromatic heterocycles. The van der Waals surface area contributed by atoms with Crippen LogP contribution in [-0.4, -0.2) is 51.9 Å². The fourth-order valence-corrected chi connectivity index (χ4v) is 4.38. The summed E-state index contributed by atoms with van der Waals surface area (Å²) < 4.78 is 20.7. The van der Waals surface area contributed by atoms with Crippen LogP contribution in [0.25, 0.3) is 11.0 Å². The van der Waals surface area contributed by atoms with Crippen LogP contribution in [0.5, 0.6) is 0 Å². The number of hydrogen-bond acceptors (Lipinski definition) is 5. The van der Waals surface area contributed by atoms with Gasteiger partial charge in [-0.1, -0.05) is 25.4 Å². The lowest BCUT2D eigenvalue weighted by Gasteiger charge is -2.46. The van der Waals surface area contributed by atoms with Gasteiger partial charge in [0.05, 0.1) is 23.7 Å². The molecule has 1 saturated heterocycles. The van der Waals surface area contributed by atoms with Crippen LogP contribution in [0.15, 0.2) is 23.9 Å². The zero-order valence-electron chi connectivity index (χ0n) is 15.9. The molecule has 1 amide bonds. The van der Waals surface area contributed by atoms with Gasteiger partial charge in [0.25, 0.3) is 5.91 Å². The summed E-state index contributed by atoms with van der Waals surface area (Å²) in [7, 11) is 0. The number of H-pyrrole nitrogens is 1. The van der Waals surface area contributed by atoms with Gasteiger partial charge < -0.3 is 14.6 Å². The number of amides is 1. The van der Waals surface area contributed by atoms with E-state index in [9.17, 15) is 19.2 Å². The Bertz CT molecular complexity index is 1120. The maximum Gasteiger partial charge on any atom is 0.275 e. The quantitative estimate of drug-likeness (QED) is 0.770. The normalized spacial score (nSPS) is 23.9. The van der Waals surface area contributed by atoms with Crippen LogP contribution < -0.4 is 0 Å². The predicted octanol–water partition coefficient (Wildman–Crippen LogP) is 3.02. The van der Waals surface area contributed by atoms with Crippen molar-refractivity contribution >= 4 is 34.3 Å². The number of carbonyl (C=O) groups excluding carboxylic acids is 2. The van der Waals surface area contributed by atoms with Crippen molar-refractivity contribution in [3.8, 4) is 6.07 Å². The molecule has 1 aliphatic carbocycles. The predicted molar refractivity (Wildman–Crippen MR) is 103 cm³/mol. The van der Waals surface area contributed by atoms with Crippen LogP contribution in [0, 0.1) is 22.6 Å². The average molecular weight is 417 g/mol. The van der Waals surface area contributed by atoms with E-state index in [4.69, 9.17) is 16.3 Å². The highest BCUT2D eigenvalue weighted by Gasteiger charge is 2.49. The van der Waals surface area contributed by atoms with E-state index in [0.717, 1.165) is 0 Å². The molecule has 9 heteroatoms. The molecule has 1 spiro atoms. The average Bonchev–Trinajstić information content (AvgIpc) is 3.15. The summed E-state index contributed by atoms with van der Waals surface area (Å²) in [6.45, 7) is 3.98. The third-order valence-corrected chi connectivity index (χ3v) is 5.78. The summed E-state index contributed by atoms with van der Waals surface area (Å²) in [6, 6.07) is 3.51. The second-order valence-electron chi connectivity index (χ2n) is 8.03. The molecule has 150 valence electrons. The minimum absolute atomic E-state index is 0.00991. The number of nitriles is 1. The van der Waals surface area contributed by atoms with Crippen molar-refractivity contribution in [2.45, 2.75) is 25.9 Å². The number of morpholine rings is 1. The molecular formula is C20H18ClFN4O3. The molecule has 0 aromatic carbocycles. The van der Waals surface area contributed by atoms with Gasteiger partial charge in [0.2, 0.25) is 0 Å². The summed E-state index contributed by atoms with van der Waals surface area (Å²) in [6.07, 6.45) is 3.36. The maximum absolute atomic E-state index is 14.8. The Hall–Kier alpha value is -2.76. The second kappa shape index (κ2) is 6.65. The van der Waals surface area contributed by atoms with Crippen molar-refractivity contribution in [3.63, 3.8) is 0 Å². The summed E-state index contributed by atoms with van der Waals surface area (Å²) in [5.74, 6) is -1.75. The number of ether oxygens (including phenoxy) is 1. The number of hydrogen-bond donors (Lipinski definition) is 1. The van der Waals surface area contributed by atoms with Crippen LogP contribution in [0.3, 0.4) is 0 Å². The Labute approximate surface area is 171 Å². The monoisotopic (exact) mass is 416 g/mol. The fourth-order valence-electron chi connectivity index (χ4n) is 4.13. The first-order valence-corrected chi connectivity index (χ1v) is 9.48. The van der Waals surface area contributed by atoms with Crippen molar-refractivity contribution in [3.05, 3.63) is 40.4 Å². The van der Waals surface area contributed by atoms with E-state index >= 15 is 0 Å². The number of ketones is 1. The number of allylic oxidation sites excluding steroid dienone is 1. The summed E-state index contributed by atoms with van der Waals surface area (Å²) in [5.41, 5.74) is -1.86. The van der Waals surface area contributed by atoms with Crippen LogP contribution in [0.2, 0.25) is 5.02 Å². The molecule has 1 aliphatic heterocycles. The largest absolute Gasteiger partial charge is 0.367 e. The van der Waals surface area contributed by atoms with Gasteiger partial charge >= 0.3 is 0 Å². The maximum atomic E-state index is 14.8.